The zero-order chi connectivity index (χ0) is 13.1. The monoisotopic (exact) mass is 510 g/mol. The molecule has 0 bridgehead atoms. The molecule has 114 valence electrons. The summed E-state index contributed by atoms with van der Waals surface area (Å²) in [5, 5.41) is 0. The maximum absolute atomic E-state index is 3.65. The maximum atomic E-state index is 3.65. The molecule has 0 fully saturated rings. The van der Waals surface area contributed by atoms with Gasteiger partial charge in [-0.3, -0.25) is 0 Å². The molecule has 0 aromatic carbocycles. The van der Waals surface area contributed by atoms with Crippen molar-refractivity contribution in [3.8, 4) is 0 Å². The Morgan fingerprint density at radius 2 is 1.50 bits per heavy atom. The maximum Gasteiger partial charge on any atom is 2.00 e. The summed E-state index contributed by atoms with van der Waals surface area (Å²) in [7, 11) is 0. The van der Waals surface area contributed by atoms with Crippen LogP contribution in [0.2, 0.25) is 12.6 Å². The van der Waals surface area contributed by atoms with E-state index in [1.54, 1.807) is 0 Å². The number of unbranched alkanes of at least 4 members (excludes halogenated alkanes) is 2. The molecule has 0 rings (SSSR count). The molecule has 4 heteroatoms. The Bertz CT molecular complexity index is 249. The Morgan fingerprint density at radius 1 is 0.950 bits per heavy atom. The van der Waals surface area contributed by atoms with Gasteiger partial charge < -0.3 is 34.0 Å². The number of hydrogen-bond acceptors (Lipinski definition) is 0. The van der Waals surface area contributed by atoms with E-state index in [-0.39, 0.29) is 57.9 Å². The zero-order valence-electron chi connectivity index (χ0n) is 13.8. The normalized spacial score (nSPS) is 10.7. The summed E-state index contributed by atoms with van der Waals surface area (Å²) in [5.74, 6) is 0. The van der Waals surface area contributed by atoms with Gasteiger partial charge in [-0.2, -0.15) is 6.08 Å². The average molecular weight is 511 g/mol. The molecule has 0 saturated carbocycles. The zero-order valence-corrected chi connectivity index (χ0v) is 19.8. The van der Waals surface area contributed by atoms with E-state index in [0.717, 1.165) is 19.3 Å². The molecule has 0 unspecified atom stereocenters. The van der Waals surface area contributed by atoms with E-state index in [9.17, 15) is 0 Å². The summed E-state index contributed by atoms with van der Waals surface area (Å²) in [6.07, 6.45) is 15.3. The van der Waals surface area contributed by atoms with E-state index < -0.39 is 0 Å². The molecule has 20 heavy (non-hydrogen) atoms. The summed E-state index contributed by atoms with van der Waals surface area (Å²) < 4.78 is 0. The van der Waals surface area contributed by atoms with Gasteiger partial charge in [-0.25, -0.2) is 0 Å². The first-order chi connectivity index (χ1) is 8.24. The van der Waals surface area contributed by atoms with Crippen LogP contribution in [0, 0.1) is 12.2 Å². The summed E-state index contributed by atoms with van der Waals surface area (Å²) in [6, 6.07) is 0. The first-order valence-electron chi connectivity index (χ1n) is 7.45. The van der Waals surface area contributed by atoms with Crippen LogP contribution in [0.5, 0.6) is 0 Å². The van der Waals surface area contributed by atoms with E-state index in [2.05, 4.69) is 46.8 Å². The van der Waals surface area contributed by atoms with E-state index in [4.69, 9.17) is 0 Å². The first-order valence-corrected chi connectivity index (χ1v) is 7.45. The fourth-order valence-electron chi connectivity index (χ4n) is 2.14. The second-order valence-corrected chi connectivity index (χ2v) is 4.61. The molecule has 0 nitrogen and oxygen atoms in total. The fraction of sp³-hybridized carbons (Fsp3) is 0.750. The first kappa shape index (κ1) is 29.3. The van der Waals surface area contributed by atoms with Crippen molar-refractivity contribution >= 4 is 30.6 Å². The molecule has 2 radical (unpaired) electrons. The van der Waals surface area contributed by atoms with Crippen LogP contribution >= 0.6 is 0 Å². The Balaban J connectivity index is -0.000000427. The van der Waals surface area contributed by atoms with Crippen molar-refractivity contribution < 1.29 is 34.0 Å². The standard InChI is InChI=1S/C16H29B.2BrH.Sn/c1-6-11-13-15(8-3)16(14-12-7-2)17(9-4)10-5;;;/h6-12H2,1-5H3;2*1H;/q;;;+2/p-2. The largest absolute Gasteiger partial charge is 2.00 e. The van der Waals surface area contributed by atoms with Crippen molar-refractivity contribution in [1.82, 2.24) is 0 Å². The van der Waals surface area contributed by atoms with E-state index in [1.165, 1.54) is 36.5 Å². The molecule has 0 saturated heterocycles. The number of hydrogen-bond donors (Lipinski definition) is 0. The molecule has 0 amide bonds. The third-order valence-electron chi connectivity index (χ3n) is 3.23. The van der Waals surface area contributed by atoms with Gasteiger partial charge in [0.1, 0.15) is 6.71 Å². The molecule has 0 atom stereocenters. The van der Waals surface area contributed by atoms with E-state index in [0.29, 0.717) is 6.71 Å². The van der Waals surface area contributed by atoms with Gasteiger partial charge in [0, 0.05) is 6.42 Å². The predicted molar refractivity (Wildman–Crippen MR) is 86.1 cm³/mol. The molecular weight excluding hydrogens is 482 g/mol. The van der Waals surface area contributed by atoms with Gasteiger partial charge in [0.25, 0.3) is 0 Å². The third-order valence-corrected chi connectivity index (χ3v) is 3.23. The minimum absolute atomic E-state index is 0. The number of allylic oxidation sites excluding steroid dienone is 4. The van der Waals surface area contributed by atoms with Gasteiger partial charge in [-0.1, -0.05) is 58.8 Å². The fourth-order valence-corrected chi connectivity index (χ4v) is 2.14. The minimum atomic E-state index is 0. The van der Waals surface area contributed by atoms with Gasteiger partial charge in [-0.05, 0) is 24.9 Å². The van der Waals surface area contributed by atoms with Gasteiger partial charge in [0.15, 0.2) is 0 Å². The van der Waals surface area contributed by atoms with Crippen LogP contribution in [0.4, 0.5) is 0 Å². The summed E-state index contributed by atoms with van der Waals surface area (Å²) in [5.41, 5.74) is 2.89. The smallest absolute Gasteiger partial charge is 1.00 e. The Hall–Kier alpha value is 1.21. The van der Waals surface area contributed by atoms with Gasteiger partial charge in [0.2, 0.25) is 0 Å². The van der Waals surface area contributed by atoms with Gasteiger partial charge in [0.05, 0.1) is 6.42 Å². The molecule has 0 aromatic rings. The summed E-state index contributed by atoms with van der Waals surface area (Å²) in [6.45, 7) is 11.9. The second kappa shape index (κ2) is 20.2. The van der Waals surface area contributed by atoms with Crippen LogP contribution in [-0.4, -0.2) is 30.6 Å². The minimum Gasteiger partial charge on any atom is -1.00 e. The molecular formula is C16H29BBr2Sn. The molecule has 0 spiro atoms. The van der Waals surface area contributed by atoms with Crippen LogP contribution in [0.3, 0.4) is 0 Å². The van der Waals surface area contributed by atoms with Crippen molar-refractivity contribution in [2.24, 2.45) is 0 Å². The Morgan fingerprint density at radius 3 is 1.85 bits per heavy atom. The van der Waals surface area contributed by atoms with Crippen LogP contribution in [0.25, 0.3) is 0 Å². The Labute approximate surface area is 166 Å². The second-order valence-electron chi connectivity index (χ2n) is 4.61. The predicted octanol–water partition coefficient (Wildman–Crippen LogP) is -0.843. The van der Waals surface area contributed by atoms with Gasteiger partial charge >= 0.3 is 23.9 Å². The number of rotatable bonds is 9. The van der Waals surface area contributed by atoms with Crippen LogP contribution in [0.15, 0.2) is 11.0 Å². The number of halogens is 2. The van der Waals surface area contributed by atoms with Crippen molar-refractivity contribution in [1.29, 1.82) is 0 Å². The average Bonchev–Trinajstić information content (AvgIpc) is 2.36. The van der Waals surface area contributed by atoms with Crippen molar-refractivity contribution in [2.75, 3.05) is 0 Å². The van der Waals surface area contributed by atoms with Crippen LogP contribution in [0.1, 0.15) is 66.7 Å². The molecule has 0 aliphatic carbocycles. The van der Waals surface area contributed by atoms with Crippen molar-refractivity contribution in [3.05, 3.63) is 23.2 Å². The Kier molecular flexibility index (Phi) is 29.6. The molecule has 0 aliphatic rings. The topological polar surface area (TPSA) is 0 Å². The molecule has 0 N–H and O–H groups in total. The van der Waals surface area contributed by atoms with E-state index >= 15 is 0 Å². The summed E-state index contributed by atoms with van der Waals surface area (Å²) in [4.78, 5) is 0. The third kappa shape index (κ3) is 11.8. The summed E-state index contributed by atoms with van der Waals surface area (Å²) >= 11 is 0. The molecule has 0 aliphatic heterocycles. The van der Waals surface area contributed by atoms with Crippen LogP contribution in [-0.2, 0) is 0 Å². The van der Waals surface area contributed by atoms with Crippen molar-refractivity contribution in [3.63, 3.8) is 0 Å². The SMILES string of the molecule is CCC[C+]=C(B(CC)CC)C(=[C-]CCC)CC.[Br-].[Br-].[Sn+2]. The van der Waals surface area contributed by atoms with Crippen molar-refractivity contribution in [2.45, 2.75) is 79.4 Å². The van der Waals surface area contributed by atoms with Crippen LogP contribution < -0.4 is 34.0 Å². The molecule has 0 aromatic heterocycles. The quantitative estimate of drug-likeness (QED) is 0.216. The molecule has 0 heterocycles. The van der Waals surface area contributed by atoms with Gasteiger partial charge in [-0.15, -0.1) is 0 Å². The van der Waals surface area contributed by atoms with E-state index in [1.807, 2.05) is 0 Å².